The number of imidazole rings is 1. The predicted molar refractivity (Wildman–Crippen MR) is 96.0 cm³/mol. The maximum absolute atomic E-state index is 12.6. The first-order chi connectivity index (χ1) is 12.2. The summed E-state index contributed by atoms with van der Waals surface area (Å²) in [6.07, 6.45) is 16.1. The van der Waals surface area contributed by atoms with Crippen LogP contribution < -0.4 is 0 Å². The van der Waals surface area contributed by atoms with E-state index in [0.717, 1.165) is 51.0 Å². The molecule has 6 nitrogen and oxygen atoms in total. The van der Waals surface area contributed by atoms with E-state index in [1.807, 2.05) is 11.1 Å². The fourth-order valence-corrected chi connectivity index (χ4v) is 3.64. The van der Waals surface area contributed by atoms with Crippen molar-refractivity contribution in [1.29, 1.82) is 0 Å². The van der Waals surface area contributed by atoms with E-state index in [1.165, 1.54) is 0 Å². The second-order valence-electron chi connectivity index (χ2n) is 7.02. The van der Waals surface area contributed by atoms with E-state index in [9.17, 15) is 4.79 Å². The van der Waals surface area contributed by atoms with E-state index in [4.69, 9.17) is 6.42 Å². The van der Waals surface area contributed by atoms with Gasteiger partial charge in [-0.25, -0.2) is 4.98 Å². The molecule has 1 aromatic heterocycles. The lowest BCUT2D eigenvalue weighted by Crippen LogP contribution is -2.41. The lowest BCUT2D eigenvalue weighted by Gasteiger charge is -2.34. The van der Waals surface area contributed by atoms with Gasteiger partial charge in [0.05, 0.1) is 6.04 Å². The van der Waals surface area contributed by atoms with Crippen molar-refractivity contribution >= 4 is 5.91 Å². The molecule has 1 aromatic rings. The van der Waals surface area contributed by atoms with Crippen LogP contribution in [0, 0.1) is 12.3 Å². The van der Waals surface area contributed by atoms with Gasteiger partial charge >= 0.3 is 0 Å². The molecule has 0 aromatic carbocycles. The summed E-state index contributed by atoms with van der Waals surface area (Å²) in [5.41, 5.74) is -0.365. The van der Waals surface area contributed by atoms with Crippen molar-refractivity contribution in [2.24, 2.45) is 10.2 Å². The number of hydrogen-bond acceptors (Lipinski definition) is 4. The molecule has 1 atom stereocenters. The summed E-state index contributed by atoms with van der Waals surface area (Å²) in [7, 11) is 0. The minimum absolute atomic E-state index is 0.208. The quantitative estimate of drug-likeness (QED) is 0.681. The standard InChI is InChI=1S/C19H27N5O/c1-3-5-10-19(21-22-19)11-9-18(25)23-13-6-8-16(15-23)24-14-12-20-17(24)7-4-2/h1,12,14,16H,4-11,13,15H2,2H3. The monoisotopic (exact) mass is 341 g/mol. The molecular formula is C19H27N5O. The van der Waals surface area contributed by atoms with E-state index < -0.39 is 0 Å². The zero-order valence-electron chi connectivity index (χ0n) is 15.0. The van der Waals surface area contributed by atoms with Gasteiger partial charge in [0.15, 0.2) is 5.66 Å². The number of rotatable bonds is 8. The molecular weight excluding hydrogens is 314 g/mol. The fraction of sp³-hybridized carbons (Fsp3) is 0.684. The van der Waals surface area contributed by atoms with Crippen molar-refractivity contribution in [2.45, 2.75) is 70.0 Å². The molecule has 3 rings (SSSR count). The molecule has 1 amide bonds. The highest BCUT2D eigenvalue weighted by atomic mass is 16.2. The summed E-state index contributed by atoms with van der Waals surface area (Å²) in [6, 6.07) is 0.340. The van der Waals surface area contributed by atoms with Crippen molar-refractivity contribution < 1.29 is 4.79 Å². The van der Waals surface area contributed by atoms with Gasteiger partial charge in [-0.1, -0.05) is 6.92 Å². The number of hydrogen-bond donors (Lipinski definition) is 0. The van der Waals surface area contributed by atoms with E-state index in [-0.39, 0.29) is 11.6 Å². The Morgan fingerprint density at radius 3 is 3.00 bits per heavy atom. The van der Waals surface area contributed by atoms with E-state index in [2.05, 4.69) is 38.8 Å². The molecule has 0 spiro atoms. The summed E-state index contributed by atoms with van der Waals surface area (Å²) in [5, 5.41) is 8.24. The first-order valence-corrected chi connectivity index (χ1v) is 9.34. The molecule has 0 bridgehead atoms. The number of likely N-dealkylation sites (tertiary alicyclic amines) is 1. The largest absolute Gasteiger partial charge is 0.341 e. The predicted octanol–water partition coefficient (Wildman–Crippen LogP) is 3.35. The summed E-state index contributed by atoms with van der Waals surface area (Å²) in [4.78, 5) is 19.1. The SMILES string of the molecule is C#CCCC1(CCC(=O)N2CCCC(n3ccnc3CCC)C2)N=N1. The lowest BCUT2D eigenvalue weighted by molar-refractivity contribution is -0.133. The molecule has 6 heteroatoms. The minimum Gasteiger partial charge on any atom is -0.341 e. The van der Waals surface area contributed by atoms with Gasteiger partial charge in [0.2, 0.25) is 5.91 Å². The number of aryl methyl sites for hydroxylation is 1. The molecule has 1 saturated heterocycles. The maximum Gasteiger partial charge on any atom is 0.222 e. The molecule has 2 aliphatic heterocycles. The van der Waals surface area contributed by atoms with Gasteiger partial charge in [-0.3, -0.25) is 4.79 Å². The topological polar surface area (TPSA) is 62.9 Å². The molecule has 2 aliphatic rings. The summed E-state index contributed by atoms with van der Waals surface area (Å²) >= 11 is 0. The Kier molecular flexibility index (Phi) is 5.52. The maximum atomic E-state index is 12.6. The molecule has 1 unspecified atom stereocenters. The third kappa shape index (κ3) is 4.28. The molecule has 25 heavy (non-hydrogen) atoms. The van der Waals surface area contributed by atoms with E-state index in [1.54, 1.807) is 0 Å². The summed E-state index contributed by atoms with van der Waals surface area (Å²) in [5.74, 6) is 3.97. The van der Waals surface area contributed by atoms with Gasteiger partial charge in [0.1, 0.15) is 5.82 Å². The van der Waals surface area contributed by atoms with Gasteiger partial charge in [0.25, 0.3) is 0 Å². The number of aromatic nitrogens is 2. The normalized spacial score (nSPS) is 21.1. The number of carbonyl (C=O) groups is 1. The molecule has 0 aliphatic carbocycles. The van der Waals surface area contributed by atoms with Crippen LogP contribution in [0.25, 0.3) is 0 Å². The Morgan fingerprint density at radius 1 is 1.44 bits per heavy atom. The lowest BCUT2D eigenvalue weighted by atomic mass is 10.0. The Bertz CT molecular complexity index is 666. The number of amides is 1. The zero-order chi connectivity index (χ0) is 17.7. The first-order valence-electron chi connectivity index (χ1n) is 9.34. The van der Waals surface area contributed by atoms with Crippen molar-refractivity contribution in [3.63, 3.8) is 0 Å². The molecule has 0 saturated carbocycles. The molecule has 134 valence electrons. The van der Waals surface area contributed by atoms with Crippen LogP contribution in [-0.4, -0.2) is 39.1 Å². The van der Waals surface area contributed by atoms with Gasteiger partial charge in [0, 0.05) is 57.6 Å². The van der Waals surface area contributed by atoms with Crippen LogP contribution in [0.2, 0.25) is 0 Å². The van der Waals surface area contributed by atoms with Gasteiger partial charge in [-0.2, -0.15) is 10.2 Å². The molecule has 0 radical (unpaired) electrons. The first kappa shape index (κ1) is 17.7. The van der Waals surface area contributed by atoms with Gasteiger partial charge < -0.3 is 9.47 Å². The van der Waals surface area contributed by atoms with Crippen molar-refractivity contribution in [3.8, 4) is 12.3 Å². The van der Waals surface area contributed by atoms with Crippen LogP contribution in [0.5, 0.6) is 0 Å². The second kappa shape index (κ2) is 7.81. The third-order valence-corrected chi connectivity index (χ3v) is 5.16. The zero-order valence-corrected chi connectivity index (χ0v) is 15.0. The van der Waals surface area contributed by atoms with Crippen LogP contribution in [-0.2, 0) is 11.2 Å². The second-order valence-corrected chi connectivity index (χ2v) is 7.02. The number of piperidine rings is 1. The highest BCUT2D eigenvalue weighted by Crippen LogP contribution is 2.38. The highest BCUT2D eigenvalue weighted by molar-refractivity contribution is 5.76. The minimum atomic E-state index is -0.365. The Labute approximate surface area is 149 Å². The third-order valence-electron chi connectivity index (χ3n) is 5.16. The molecule has 1 fully saturated rings. The fourth-order valence-electron chi connectivity index (χ4n) is 3.64. The summed E-state index contributed by atoms with van der Waals surface area (Å²) < 4.78 is 2.27. The smallest absolute Gasteiger partial charge is 0.222 e. The van der Waals surface area contributed by atoms with Crippen LogP contribution in [0.1, 0.15) is 63.7 Å². The van der Waals surface area contributed by atoms with Crippen molar-refractivity contribution in [2.75, 3.05) is 13.1 Å². The van der Waals surface area contributed by atoms with Crippen molar-refractivity contribution in [3.05, 3.63) is 18.2 Å². The Balaban J connectivity index is 1.53. The van der Waals surface area contributed by atoms with Crippen molar-refractivity contribution in [1.82, 2.24) is 14.5 Å². The molecule has 0 N–H and O–H groups in total. The Hall–Kier alpha value is -2.16. The van der Waals surface area contributed by atoms with Crippen LogP contribution in [0.15, 0.2) is 22.6 Å². The van der Waals surface area contributed by atoms with Crippen LogP contribution >= 0.6 is 0 Å². The Morgan fingerprint density at radius 2 is 2.28 bits per heavy atom. The van der Waals surface area contributed by atoms with Crippen LogP contribution in [0.4, 0.5) is 0 Å². The van der Waals surface area contributed by atoms with Gasteiger partial charge in [-0.15, -0.1) is 12.3 Å². The average molecular weight is 341 g/mol. The average Bonchev–Trinajstić information content (AvgIpc) is 3.26. The van der Waals surface area contributed by atoms with E-state index >= 15 is 0 Å². The number of terminal acetylenes is 1. The van der Waals surface area contributed by atoms with E-state index in [0.29, 0.717) is 25.3 Å². The summed E-state index contributed by atoms with van der Waals surface area (Å²) in [6.45, 7) is 3.79. The van der Waals surface area contributed by atoms with Gasteiger partial charge in [-0.05, 0) is 19.3 Å². The number of nitrogens with zero attached hydrogens (tertiary/aromatic N) is 5. The highest BCUT2D eigenvalue weighted by Gasteiger charge is 2.40. The number of carbonyl (C=O) groups excluding carboxylic acids is 1. The molecule has 3 heterocycles. The van der Waals surface area contributed by atoms with Crippen LogP contribution in [0.3, 0.4) is 0 Å².